The maximum atomic E-state index is 10.8. The minimum absolute atomic E-state index is 0.236. The first-order chi connectivity index (χ1) is 8.96. The van der Waals surface area contributed by atoms with Crippen LogP contribution in [0.25, 0.3) is 0 Å². The standard InChI is InChI=1S/C14H15ClN2O2/c1-14(18,10-5-3-4-6-12(10)19-2)11-7-9(15)8-17-13(11)16/h3-8,18H,1-2H3,(H2,16,17). The molecule has 5 heteroatoms. The summed E-state index contributed by atoms with van der Waals surface area (Å²) < 4.78 is 5.27. The lowest BCUT2D eigenvalue weighted by atomic mass is 9.88. The summed E-state index contributed by atoms with van der Waals surface area (Å²) in [4.78, 5) is 3.97. The summed E-state index contributed by atoms with van der Waals surface area (Å²) in [7, 11) is 1.55. The van der Waals surface area contributed by atoms with Crippen LogP contribution in [0.2, 0.25) is 5.02 Å². The highest BCUT2D eigenvalue weighted by molar-refractivity contribution is 6.30. The first-order valence-corrected chi connectivity index (χ1v) is 6.12. The minimum atomic E-state index is -1.34. The summed E-state index contributed by atoms with van der Waals surface area (Å²) in [6.45, 7) is 1.63. The van der Waals surface area contributed by atoms with Gasteiger partial charge >= 0.3 is 0 Å². The van der Waals surface area contributed by atoms with Crippen molar-refractivity contribution in [2.45, 2.75) is 12.5 Å². The van der Waals surface area contributed by atoms with Crippen LogP contribution in [0, 0.1) is 0 Å². The molecule has 0 aliphatic heterocycles. The van der Waals surface area contributed by atoms with Crippen molar-refractivity contribution in [1.82, 2.24) is 4.98 Å². The van der Waals surface area contributed by atoms with Gasteiger partial charge in [-0.1, -0.05) is 29.8 Å². The van der Waals surface area contributed by atoms with Gasteiger partial charge in [-0.15, -0.1) is 0 Å². The number of nitrogens with two attached hydrogens (primary N) is 1. The third-order valence-electron chi connectivity index (χ3n) is 3.04. The second kappa shape index (κ2) is 5.07. The number of benzene rings is 1. The molecule has 4 nitrogen and oxygen atoms in total. The first kappa shape index (κ1) is 13.6. The van der Waals surface area contributed by atoms with Crippen LogP contribution in [-0.2, 0) is 5.60 Å². The van der Waals surface area contributed by atoms with Crippen molar-refractivity contribution in [3.05, 3.63) is 52.7 Å². The van der Waals surface area contributed by atoms with E-state index in [4.69, 9.17) is 22.1 Å². The number of halogens is 1. The molecule has 100 valence electrons. The maximum absolute atomic E-state index is 10.8. The molecule has 0 aliphatic rings. The van der Waals surface area contributed by atoms with Crippen LogP contribution in [0.4, 0.5) is 5.82 Å². The molecule has 0 amide bonds. The number of aliphatic hydroxyl groups is 1. The van der Waals surface area contributed by atoms with Crippen molar-refractivity contribution in [3.63, 3.8) is 0 Å². The third kappa shape index (κ3) is 2.50. The fourth-order valence-electron chi connectivity index (χ4n) is 2.03. The molecule has 0 aliphatic carbocycles. The average Bonchev–Trinajstić information content (AvgIpc) is 2.41. The molecule has 19 heavy (non-hydrogen) atoms. The zero-order valence-electron chi connectivity index (χ0n) is 10.7. The van der Waals surface area contributed by atoms with E-state index in [-0.39, 0.29) is 5.82 Å². The highest BCUT2D eigenvalue weighted by Gasteiger charge is 2.31. The van der Waals surface area contributed by atoms with Crippen LogP contribution < -0.4 is 10.5 Å². The van der Waals surface area contributed by atoms with Crippen molar-refractivity contribution < 1.29 is 9.84 Å². The number of hydrogen-bond acceptors (Lipinski definition) is 4. The van der Waals surface area contributed by atoms with Crippen molar-refractivity contribution in [1.29, 1.82) is 0 Å². The number of ether oxygens (including phenoxy) is 1. The molecule has 0 saturated heterocycles. The Balaban J connectivity index is 2.61. The van der Waals surface area contributed by atoms with Gasteiger partial charge in [0, 0.05) is 17.3 Å². The zero-order valence-corrected chi connectivity index (χ0v) is 11.5. The van der Waals surface area contributed by atoms with Gasteiger partial charge in [0.15, 0.2) is 0 Å². The molecule has 1 heterocycles. The summed E-state index contributed by atoms with van der Waals surface area (Å²) in [6, 6.07) is 8.81. The Bertz CT molecular complexity index is 600. The van der Waals surface area contributed by atoms with Gasteiger partial charge in [0.25, 0.3) is 0 Å². The van der Waals surface area contributed by atoms with E-state index in [1.807, 2.05) is 12.1 Å². The molecule has 1 atom stereocenters. The number of anilines is 1. The lowest BCUT2D eigenvalue weighted by Gasteiger charge is -2.27. The molecule has 0 bridgehead atoms. The molecule has 0 saturated carbocycles. The number of para-hydroxylation sites is 1. The molecule has 1 unspecified atom stereocenters. The number of rotatable bonds is 3. The quantitative estimate of drug-likeness (QED) is 0.905. The lowest BCUT2D eigenvalue weighted by molar-refractivity contribution is 0.0994. The van der Waals surface area contributed by atoms with Gasteiger partial charge in [-0.3, -0.25) is 0 Å². The Morgan fingerprint density at radius 2 is 2.00 bits per heavy atom. The van der Waals surface area contributed by atoms with Gasteiger partial charge in [0.2, 0.25) is 0 Å². The van der Waals surface area contributed by atoms with Gasteiger partial charge in [0.1, 0.15) is 17.2 Å². The van der Waals surface area contributed by atoms with Crippen molar-refractivity contribution in [3.8, 4) is 5.75 Å². The maximum Gasteiger partial charge on any atom is 0.129 e. The molecule has 0 fully saturated rings. The van der Waals surface area contributed by atoms with Crippen LogP contribution in [0.1, 0.15) is 18.1 Å². The predicted molar refractivity (Wildman–Crippen MR) is 75.3 cm³/mol. The van der Waals surface area contributed by atoms with E-state index in [9.17, 15) is 5.11 Å². The van der Waals surface area contributed by atoms with E-state index >= 15 is 0 Å². The van der Waals surface area contributed by atoms with Gasteiger partial charge in [-0.25, -0.2) is 4.98 Å². The van der Waals surface area contributed by atoms with E-state index in [1.165, 1.54) is 6.20 Å². The van der Waals surface area contributed by atoms with Crippen molar-refractivity contribution in [2.24, 2.45) is 0 Å². The predicted octanol–water partition coefficient (Wildman–Crippen LogP) is 2.58. The van der Waals surface area contributed by atoms with Crippen LogP contribution in [-0.4, -0.2) is 17.2 Å². The van der Waals surface area contributed by atoms with Crippen molar-refractivity contribution in [2.75, 3.05) is 12.8 Å². The number of nitrogen functional groups attached to an aromatic ring is 1. The summed E-state index contributed by atoms with van der Waals surface area (Å²) in [6.07, 6.45) is 1.44. The number of hydrogen-bond donors (Lipinski definition) is 2. The minimum Gasteiger partial charge on any atom is -0.496 e. The van der Waals surface area contributed by atoms with Crippen LogP contribution in [0.5, 0.6) is 5.75 Å². The number of methoxy groups -OCH3 is 1. The van der Waals surface area contributed by atoms with E-state index in [0.717, 1.165) is 0 Å². The summed E-state index contributed by atoms with van der Waals surface area (Å²) in [5.41, 5.74) is 5.55. The summed E-state index contributed by atoms with van der Waals surface area (Å²) >= 11 is 5.92. The fourth-order valence-corrected chi connectivity index (χ4v) is 2.19. The van der Waals surface area contributed by atoms with Gasteiger partial charge in [-0.05, 0) is 19.1 Å². The molecule has 2 rings (SSSR count). The van der Waals surface area contributed by atoms with Gasteiger partial charge < -0.3 is 15.6 Å². The number of nitrogens with zero attached hydrogens (tertiary/aromatic N) is 1. The van der Waals surface area contributed by atoms with Gasteiger partial charge in [0.05, 0.1) is 12.1 Å². The average molecular weight is 279 g/mol. The van der Waals surface area contributed by atoms with Crippen LogP contribution in [0.15, 0.2) is 36.5 Å². The Morgan fingerprint density at radius 1 is 1.32 bits per heavy atom. The van der Waals surface area contributed by atoms with Crippen molar-refractivity contribution >= 4 is 17.4 Å². The van der Waals surface area contributed by atoms with Crippen LogP contribution >= 0.6 is 11.6 Å². The molecule has 3 N–H and O–H groups in total. The summed E-state index contributed by atoms with van der Waals surface area (Å²) in [5, 5.41) is 11.2. The SMILES string of the molecule is COc1ccccc1C(C)(O)c1cc(Cl)cnc1N. The molecule has 1 aromatic heterocycles. The van der Waals surface area contributed by atoms with E-state index in [2.05, 4.69) is 4.98 Å². The van der Waals surface area contributed by atoms with Gasteiger partial charge in [-0.2, -0.15) is 0 Å². The normalized spacial score (nSPS) is 13.9. The third-order valence-corrected chi connectivity index (χ3v) is 3.25. The molecular weight excluding hydrogens is 264 g/mol. The highest BCUT2D eigenvalue weighted by atomic mass is 35.5. The largest absolute Gasteiger partial charge is 0.496 e. The molecule has 2 aromatic rings. The van der Waals surface area contributed by atoms with Crippen LogP contribution in [0.3, 0.4) is 0 Å². The highest BCUT2D eigenvalue weighted by Crippen LogP contribution is 2.37. The summed E-state index contributed by atoms with van der Waals surface area (Å²) in [5.74, 6) is 0.812. The Hall–Kier alpha value is -1.78. The molecule has 1 aromatic carbocycles. The molecule has 0 radical (unpaired) electrons. The topological polar surface area (TPSA) is 68.4 Å². The lowest BCUT2D eigenvalue weighted by Crippen LogP contribution is -2.25. The Kier molecular flexibility index (Phi) is 3.64. The first-order valence-electron chi connectivity index (χ1n) is 5.74. The molecule has 0 spiro atoms. The number of pyridine rings is 1. The second-order valence-corrected chi connectivity index (χ2v) is 4.80. The smallest absolute Gasteiger partial charge is 0.129 e. The fraction of sp³-hybridized carbons (Fsp3) is 0.214. The number of aromatic nitrogens is 1. The Morgan fingerprint density at radius 3 is 2.68 bits per heavy atom. The zero-order chi connectivity index (χ0) is 14.0. The van der Waals surface area contributed by atoms with E-state index in [0.29, 0.717) is 21.9 Å². The monoisotopic (exact) mass is 278 g/mol. The van der Waals surface area contributed by atoms with E-state index < -0.39 is 5.60 Å². The Labute approximate surface area is 116 Å². The molecular formula is C14H15ClN2O2. The van der Waals surface area contributed by atoms with E-state index in [1.54, 1.807) is 32.2 Å². The second-order valence-electron chi connectivity index (χ2n) is 4.36.